The van der Waals surface area contributed by atoms with Gasteiger partial charge in [-0.25, -0.2) is 8.78 Å². The fourth-order valence-electron chi connectivity index (χ4n) is 1.27. The predicted molar refractivity (Wildman–Crippen MR) is 57.9 cm³/mol. The third-order valence-electron chi connectivity index (χ3n) is 2.36. The van der Waals surface area contributed by atoms with Crippen LogP contribution in [0.25, 0.3) is 0 Å². The number of rotatable bonds is 6. The summed E-state index contributed by atoms with van der Waals surface area (Å²) in [6, 6.07) is 3.29. The minimum absolute atomic E-state index is 0.242. The Morgan fingerprint density at radius 3 is 2.71 bits per heavy atom. The number of ether oxygens (including phenoxy) is 1. The molecule has 1 rings (SSSR count). The molecule has 0 spiro atoms. The molecule has 94 valence electrons. The fraction of sp³-hybridized carbons (Fsp3) is 0.417. The molecule has 0 saturated carbocycles. The van der Waals surface area contributed by atoms with Crippen LogP contribution in [0.2, 0.25) is 0 Å². The Bertz CT molecular complexity index is 393. The van der Waals surface area contributed by atoms with E-state index in [9.17, 15) is 13.6 Å². The highest BCUT2D eigenvalue weighted by molar-refractivity contribution is 5.69. The van der Waals surface area contributed by atoms with Crippen LogP contribution >= 0.6 is 0 Å². The highest BCUT2D eigenvalue weighted by Gasteiger charge is 2.10. The lowest BCUT2D eigenvalue weighted by Crippen LogP contribution is -2.10. The first-order chi connectivity index (χ1) is 8.00. The van der Waals surface area contributed by atoms with Gasteiger partial charge in [-0.1, -0.05) is 6.92 Å². The van der Waals surface area contributed by atoms with Gasteiger partial charge in [0.05, 0.1) is 12.5 Å². The van der Waals surface area contributed by atoms with Gasteiger partial charge in [0, 0.05) is 6.07 Å². The summed E-state index contributed by atoms with van der Waals surface area (Å²) >= 11 is 0. The Hall–Kier alpha value is -1.65. The summed E-state index contributed by atoms with van der Waals surface area (Å²) in [6.45, 7) is 1.89. The van der Waals surface area contributed by atoms with E-state index in [-0.39, 0.29) is 12.4 Å². The molecule has 17 heavy (non-hydrogen) atoms. The van der Waals surface area contributed by atoms with Crippen LogP contribution in [0.15, 0.2) is 18.2 Å². The zero-order valence-electron chi connectivity index (χ0n) is 9.45. The third kappa shape index (κ3) is 4.38. The van der Waals surface area contributed by atoms with Crippen molar-refractivity contribution in [3.05, 3.63) is 29.8 Å². The lowest BCUT2D eigenvalue weighted by molar-refractivity contribution is -0.141. The second-order valence-electron chi connectivity index (χ2n) is 3.81. The number of carboxylic acid groups (broad SMARTS) is 1. The van der Waals surface area contributed by atoms with Crippen molar-refractivity contribution in [1.29, 1.82) is 0 Å². The van der Waals surface area contributed by atoms with Crippen molar-refractivity contribution in [2.45, 2.75) is 19.8 Å². The zero-order chi connectivity index (χ0) is 12.8. The van der Waals surface area contributed by atoms with E-state index in [0.29, 0.717) is 12.8 Å². The van der Waals surface area contributed by atoms with Crippen LogP contribution in [0.3, 0.4) is 0 Å². The Morgan fingerprint density at radius 2 is 2.12 bits per heavy atom. The van der Waals surface area contributed by atoms with Crippen LogP contribution < -0.4 is 4.74 Å². The topological polar surface area (TPSA) is 46.5 Å². The van der Waals surface area contributed by atoms with Crippen molar-refractivity contribution >= 4 is 5.97 Å². The summed E-state index contributed by atoms with van der Waals surface area (Å²) in [5.74, 6) is -2.91. The first-order valence-electron chi connectivity index (χ1n) is 5.31. The quantitative estimate of drug-likeness (QED) is 0.783. The molecule has 0 aliphatic rings. The van der Waals surface area contributed by atoms with Crippen LogP contribution in [-0.4, -0.2) is 17.7 Å². The zero-order valence-corrected chi connectivity index (χ0v) is 9.45. The SMILES string of the molecule is CC(CCCOc1ccc(F)c(F)c1)C(=O)O. The maximum Gasteiger partial charge on any atom is 0.306 e. The first-order valence-corrected chi connectivity index (χ1v) is 5.31. The molecule has 3 nitrogen and oxygen atoms in total. The average Bonchev–Trinajstić information content (AvgIpc) is 2.28. The second kappa shape index (κ2) is 6.18. The van der Waals surface area contributed by atoms with Crippen LogP contribution in [0.4, 0.5) is 8.78 Å². The number of halogens is 2. The molecule has 1 unspecified atom stereocenters. The van der Waals surface area contributed by atoms with E-state index in [1.807, 2.05) is 0 Å². The van der Waals surface area contributed by atoms with Gasteiger partial charge in [0.1, 0.15) is 5.75 Å². The average molecular weight is 244 g/mol. The van der Waals surface area contributed by atoms with E-state index in [0.717, 1.165) is 12.1 Å². The van der Waals surface area contributed by atoms with Gasteiger partial charge in [-0.05, 0) is 25.0 Å². The van der Waals surface area contributed by atoms with Gasteiger partial charge >= 0.3 is 5.97 Å². The van der Waals surface area contributed by atoms with Crippen molar-refractivity contribution < 1.29 is 23.4 Å². The van der Waals surface area contributed by atoms with Gasteiger partial charge < -0.3 is 9.84 Å². The van der Waals surface area contributed by atoms with Gasteiger partial charge in [-0.15, -0.1) is 0 Å². The lowest BCUT2D eigenvalue weighted by Gasteiger charge is -2.08. The normalized spacial score (nSPS) is 12.2. The molecule has 0 amide bonds. The molecule has 0 aliphatic heterocycles. The summed E-state index contributed by atoms with van der Waals surface area (Å²) in [6.07, 6.45) is 1.03. The number of carboxylic acids is 1. The summed E-state index contributed by atoms with van der Waals surface area (Å²) in [4.78, 5) is 10.5. The molecule has 0 bridgehead atoms. The maximum atomic E-state index is 12.8. The van der Waals surface area contributed by atoms with Gasteiger partial charge in [0.25, 0.3) is 0 Å². The van der Waals surface area contributed by atoms with Gasteiger partial charge in [0.15, 0.2) is 11.6 Å². The van der Waals surface area contributed by atoms with Gasteiger partial charge in [0.2, 0.25) is 0 Å². The van der Waals surface area contributed by atoms with Crippen molar-refractivity contribution in [3.8, 4) is 5.75 Å². The standard InChI is InChI=1S/C12H14F2O3/c1-8(12(15)16)3-2-6-17-9-4-5-10(13)11(14)7-9/h4-5,7-8H,2-3,6H2,1H3,(H,15,16). The molecule has 1 aromatic carbocycles. The van der Waals surface area contributed by atoms with E-state index in [1.54, 1.807) is 6.92 Å². The van der Waals surface area contributed by atoms with Crippen LogP contribution in [0.5, 0.6) is 5.75 Å². The highest BCUT2D eigenvalue weighted by Crippen LogP contribution is 2.16. The van der Waals surface area contributed by atoms with Gasteiger partial charge in [-0.2, -0.15) is 0 Å². The number of hydrogen-bond acceptors (Lipinski definition) is 2. The molecule has 0 aromatic heterocycles. The molecule has 0 aliphatic carbocycles. The third-order valence-corrected chi connectivity index (χ3v) is 2.36. The smallest absolute Gasteiger partial charge is 0.306 e. The minimum Gasteiger partial charge on any atom is -0.493 e. The number of carbonyl (C=O) groups is 1. The van der Waals surface area contributed by atoms with Crippen molar-refractivity contribution in [1.82, 2.24) is 0 Å². The number of benzene rings is 1. The fourth-order valence-corrected chi connectivity index (χ4v) is 1.27. The second-order valence-corrected chi connectivity index (χ2v) is 3.81. The highest BCUT2D eigenvalue weighted by atomic mass is 19.2. The largest absolute Gasteiger partial charge is 0.493 e. The molecule has 1 aromatic rings. The predicted octanol–water partition coefficient (Wildman–Crippen LogP) is 2.84. The van der Waals surface area contributed by atoms with E-state index in [2.05, 4.69) is 0 Å². The number of aliphatic carboxylic acids is 1. The summed E-state index contributed by atoms with van der Waals surface area (Å²) < 4.78 is 30.5. The number of hydrogen-bond donors (Lipinski definition) is 1. The molecule has 5 heteroatoms. The summed E-state index contributed by atoms with van der Waals surface area (Å²) in [7, 11) is 0. The van der Waals surface area contributed by atoms with Crippen LogP contribution in [0, 0.1) is 17.6 Å². The Balaban J connectivity index is 2.31. The monoisotopic (exact) mass is 244 g/mol. The molecule has 0 radical (unpaired) electrons. The molecule has 0 saturated heterocycles. The molecular weight excluding hydrogens is 230 g/mol. The van der Waals surface area contributed by atoms with Gasteiger partial charge in [-0.3, -0.25) is 4.79 Å². The molecule has 0 fully saturated rings. The lowest BCUT2D eigenvalue weighted by atomic mass is 10.1. The summed E-state index contributed by atoms with van der Waals surface area (Å²) in [5, 5.41) is 8.63. The minimum atomic E-state index is -0.957. The maximum absolute atomic E-state index is 12.8. The van der Waals surface area contributed by atoms with Crippen molar-refractivity contribution in [2.24, 2.45) is 5.92 Å². The molecular formula is C12H14F2O3. The van der Waals surface area contributed by atoms with Crippen LogP contribution in [0.1, 0.15) is 19.8 Å². The van der Waals surface area contributed by atoms with Crippen molar-refractivity contribution in [2.75, 3.05) is 6.61 Å². The van der Waals surface area contributed by atoms with E-state index in [4.69, 9.17) is 9.84 Å². The molecule has 1 N–H and O–H groups in total. The van der Waals surface area contributed by atoms with E-state index >= 15 is 0 Å². The van der Waals surface area contributed by atoms with Crippen molar-refractivity contribution in [3.63, 3.8) is 0 Å². The van der Waals surface area contributed by atoms with E-state index in [1.165, 1.54) is 6.07 Å². The Labute approximate surface area is 98.0 Å². The van der Waals surface area contributed by atoms with E-state index < -0.39 is 23.5 Å². The Morgan fingerprint density at radius 1 is 1.41 bits per heavy atom. The summed E-state index contributed by atoms with van der Waals surface area (Å²) in [5.41, 5.74) is 0. The van der Waals surface area contributed by atoms with Crippen LogP contribution in [-0.2, 0) is 4.79 Å². The first kappa shape index (κ1) is 13.4. The molecule has 0 heterocycles. The Kier molecular flexibility index (Phi) is 4.87. The molecule has 1 atom stereocenters.